The van der Waals surface area contributed by atoms with E-state index in [9.17, 15) is 13.5 Å². The van der Waals surface area contributed by atoms with Crippen LogP contribution in [0.1, 0.15) is 50.7 Å². The Bertz CT molecular complexity index is 502. The fourth-order valence-electron chi connectivity index (χ4n) is 2.43. The Kier molecular flexibility index (Phi) is 4.60. The van der Waals surface area contributed by atoms with Crippen molar-refractivity contribution in [1.29, 1.82) is 0 Å². The molecule has 106 valence electrons. The highest BCUT2D eigenvalue weighted by Crippen LogP contribution is 2.21. The van der Waals surface area contributed by atoms with Crippen LogP contribution in [-0.4, -0.2) is 19.6 Å². The van der Waals surface area contributed by atoms with Crippen LogP contribution < -0.4 is 4.72 Å². The predicted molar refractivity (Wildman–Crippen MR) is 74.3 cm³/mol. The van der Waals surface area contributed by atoms with E-state index in [1.54, 1.807) is 31.2 Å². The first-order valence-electron chi connectivity index (χ1n) is 6.79. The molecule has 1 aliphatic carbocycles. The second-order valence-corrected chi connectivity index (χ2v) is 6.92. The maximum Gasteiger partial charge on any atom is 0.240 e. The Labute approximate surface area is 114 Å². The van der Waals surface area contributed by atoms with Crippen molar-refractivity contribution in [2.24, 2.45) is 0 Å². The van der Waals surface area contributed by atoms with Gasteiger partial charge in [-0.15, -0.1) is 0 Å². The van der Waals surface area contributed by atoms with Crippen LogP contribution in [0.4, 0.5) is 0 Å². The number of aliphatic hydroxyl groups excluding tert-OH is 1. The van der Waals surface area contributed by atoms with Crippen LogP contribution >= 0.6 is 0 Å². The number of hydrogen-bond acceptors (Lipinski definition) is 3. The zero-order valence-electron chi connectivity index (χ0n) is 11.2. The molecule has 0 radical (unpaired) electrons. The third-order valence-corrected chi connectivity index (χ3v) is 5.14. The predicted octanol–water partition coefficient (Wildman–Crippen LogP) is 2.35. The number of hydrogen-bond donors (Lipinski definition) is 2. The smallest absolute Gasteiger partial charge is 0.240 e. The van der Waals surface area contributed by atoms with E-state index in [2.05, 4.69) is 4.72 Å². The maximum absolute atomic E-state index is 12.2. The van der Waals surface area contributed by atoms with Gasteiger partial charge >= 0.3 is 0 Å². The molecule has 0 saturated heterocycles. The average Bonchev–Trinajstić information content (AvgIpc) is 2.39. The number of nitrogens with one attached hydrogen (secondary N) is 1. The van der Waals surface area contributed by atoms with Crippen LogP contribution in [0, 0.1) is 0 Å². The summed E-state index contributed by atoms with van der Waals surface area (Å²) in [6, 6.07) is 6.47. The van der Waals surface area contributed by atoms with Crippen LogP contribution in [-0.2, 0) is 10.0 Å². The zero-order valence-corrected chi connectivity index (χ0v) is 12.0. The molecule has 19 heavy (non-hydrogen) atoms. The molecule has 1 aliphatic rings. The molecule has 2 rings (SSSR count). The molecule has 0 amide bonds. The Hall–Kier alpha value is -0.910. The minimum Gasteiger partial charge on any atom is -0.389 e. The van der Waals surface area contributed by atoms with Gasteiger partial charge in [0.2, 0.25) is 10.0 Å². The number of benzene rings is 1. The first kappa shape index (κ1) is 14.5. The van der Waals surface area contributed by atoms with Gasteiger partial charge in [0, 0.05) is 6.04 Å². The molecule has 4 nitrogen and oxygen atoms in total. The molecule has 1 unspecified atom stereocenters. The summed E-state index contributed by atoms with van der Waals surface area (Å²) in [7, 11) is -3.43. The molecular weight excluding hydrogens is 262 g/mol. The van der Waals surface area contributed by atoms with E-state index in [4.69, 9.17) is 0 Å². The van der Waals surface area contributed by atoms with Crippen molar-refractivity contribution in [3.05, 3.63) is 29.8 Å². The van der Waals surface area contributed by atoms with Crippen molar-refractivity contribution in [2.45, 2.75) is 56.1 Å². The van der Waals surface area contributed by atoms with Gasteiger partial charge in [-0.3, -0.25) is 0 Å². The second kappa shape index (κ2) is 6.03. The van der Waals surface area contributed by atoms with Crippen LogP contribution in [0.2, 0.25) is 0 Å². The lowest BCUT2D eigenvalue weighted by Crippen LogP contribution is -2.36. The quantitative estimate of drug-likeness (QED) is 0.891. The van der Waals surface area contributed by atoms with Crippen molar-refractivity contribution in [2.75, 3.05) is 0 Å². The lowest BCUT2D eigenvalue weighted by atomic mass is 9.96. The Morgan fingerprint density at radius 2 is 1.74 bits per heavy atom. The second-order valence-electron chi connectivity index (χ2n) is 5.20. The summed E-state index contributed by atoms with van der Waals surface area (Å²) in [6.07, 6.45) is 4.64. The number of aliphatic hydroxyl groups is 1. The zero-order chi connectivity index (χ0) is 13.9. The molecule has 1 aromatic carbocycles. The highest BCUT2D eigenvalue weighted by Gasteiger charge is 2.21. The molecule has 1 saturated carbocycles. The van der Waals surface area contributed by atoms with E-state index in [1.165, 1.54) is 6.42 Å². The van der Waals surface area contributed by atoms with E-state index in [0.717, 1.165) is 31.2 Å². The molecule has 0 spiro atoms. The minimum atomic E-state index is -3.43. The van der Waals surface area contributed by atoms with E-state index in [0.29, 0.717) is 0 Å². The van der Waals surface area contributed by atoms with Gasteiger partial charge in [-0.05, 0) is 37.5 Å². The summed E-state index contributed by atoms with van der Waals surface area (Å²) < 4.78 is 27.2. The average molecular weight is 283 g/mol. The van der Waals surface area contributed by atoms with E-state index >= 15 is 0 Å². The summed E-state index contributed by atoms with van der Waals surface area (Å²) in [6.45, 7) is 1.66. The number of sulfonamides is 1. The summed E-state index contributed by atoms with van der Waals surface area (Å²) in [5, 5.41) is 9.41. The first-order valence-corrected chi connectivity index (χ1v) is 8.28. The fourth-order valence-corrected chi connectivity index (χ4v) is 3.74. The summed E-state index contributed by atoms with van der Waals surface area (Å²) in [4.78, 5) is 0.266. The van der Waals surface area contributed by atoms with Crippen molar-refractivity contribution in [1.82, 2.24) is 4.72 Å². The topological polar surface area (TPSA) is 66.4 Å². The highest BCUT2D eigenvalue weighted by atomic mass is 32.2. The monoisotopic (exact) mass is 283 g/mol. The van der Waals surface area contributed by atoms with E-state index < -0.39 is 16.1 Å². The van der Waals surface area contributed by atoms with Gasteiger partial charge in [0.05, 0.1) is 11.0 Å². The van der Waals surface area contributed by atoms with Gasteiger partial charge in [-0.25, -0.2) is 13.1 Å². The van der Waals surface area contributed by atoms with Gasteiger partial charge in [0.25, 0.3) is 0 Å². The molecular formula is C14H21NO3S. The van der Waals surface area contributed by atoms with Crippen molar-refractivity contribution >= 4 is 10.0 Å². The lowest BCUT2D eigenvalue weighted by molar-refractivity contribution is 0.199. The third-order valence-electron chi connectivity index (χ3n) is 3.60. The van der Waals surface area contributed by atoms with Gasteiger partial charge in [-0.2, -0.15) is 0 Å². The Morgan fingerprint density at radius 3 is 2.26 bits per heavy atom. The standard InChI is InChI=1S/C14H21NO3S/c1-11(16)12-7-9-14(10-8-12)19(17,18)15-13-5-3-2-4-6-13/h7-11,13,15-16H,2-6H2,1H3. The summed E-state index contributed by atoms with van der Waals surface area (Å²) >= 11 is 0. The van der Waals surface area contributed by atoms with E-state index in [-0.39, 0.29) is 10.9 Å². The van der Waals surface area contributed by atoms with Crippen LogP contribution in [0.3, 0.4) is 0 Å². The largest absolute Gasteiger partial charge is 0.389 e. The molecule has 0 aromatic heterocycles. The van der Waals surface area contributed by atoms with E-state index in [1.807, 2.05) is 0 Å². The van der Waals surface area contributed by atoms with Gasteiger partial charge in [0.15, 0.2) is 0 Å². The number of rotatable bonds is 4. The molecule has 5 heteroatoms. The molecule has 1 aromatic rings. The summed E-state index contributed by atoms with van der Waals surface area (Å²) in [5.41, 5.74) is 0.719. The van der Waals surface area contributed by atoms with Crippen LogP contribution in [0.5, 0.6) is 0 Å². The fraction of sp³-hybridized carbons (Fsp3) is 0.571. The van der Waals surface area contributed by atoms with Gasteiger partial charge in [-0.1, -0.05) is 31.4 Å². The molecule has 1 atom stereocenters. The maximum atomic E-state index is 12.2. The third kappa shape index (κ3) is 3.78. The van der Waals surface area contributed by atoms with Crippen molar-refractivity contribution in [3.63, 3.8) is 0 Å². The molecule has 0 bridgehead atoms. The van der Waals surface area contributed by atoms with Crippen molar-refractivity contribution in [3.8, 4) is 0 Å². The molecule has 0 aliphatic heterocycles. The lowest BCUT2D eigenvalue weighted by Gasteiger charge is -2.22. The highest BCUT2D eigenvalue weighted by molar-refractivity contribution is 7.89. The van der Waals surface area contributed by atoms with Crippen LogP contribution in [0.25, 0.3) is 0 Å². The molecule has 0 heterocycles. The van der Waals surface area contributed by atoms with Gasteiger partial charge < -0.3 is 5.11 Å². The Morgan fingerprint density at radius 1 is 1.16 bits per heavy atom. The first-order chi connectivity index (χ1) is 8.99. The molecule has 1 fully saturated rings. The SMILES string of the molecule is CC(O)c1ccc(S(=O)(=O)NC2CCCCC2)cc1. The normalized spacial score (nSPS) is 19.3. The van der Waals surface area contributed by atoms with Crippen LogP contribution in [0.15, 0.2) is 29.2 Å². The van der Waals surface area contributed by atoms with Gasteiger partial charge in [0.1, 0.15) is 0 Å². The molecule has 2 N–H and O–H groups in total. The minimum absolute atomic E-state index is 0.0650. The summed E-state index contributed by atoms with van der Waals surface area (Å²) in [5.74, 6) is 0. The van der Waals surface area contributed by atoms with Crippen molar-refractivity contribution < 1.29 is 13.5 Å². The Balaban J connectivity index is 2.10.